The van der Waals surface area contributed by atoms with Crippen LogP contribution < -0.4 is 15.5 Å². The molecule has 2 N–H and O–H groups in total. The molecule has 0 bridgehead atoms. The van der Waals surface area contributed by atoms with Gasteiger partial charge in [-0.1, -0.05) is 18.5 Å². The lowest BCUT2D eigenvalue weighted by Crippen LogP contribution is -2.35. The van der Waals surface area contributed by atoms with Crippen LogP contribution in [-0.4, -0.2) is 57.7 Å². The molecule has 1 fully saturated rings. The summed E-state index contributed by atoms with van der Waals surface area (Å²) < 4.78 is 24.5. The Hall–Kier alpha value is -1.51. The highest BCUT2D eigenvalue weighted by atomic mass is 35.5. The van der Waals surface area contributed by atoms with Gasteiger partial charge in [-0.15, -0.1) is 0 Å². The van der Waals surface area contributed by atoms with Crippen molar-refractivity contribution in [2.24, 2.45) is 0 Å². The molecule has 27 heavy (non-hydrogen) atoms. The van der Waals surface area contributed by atoms with E-state index in [4.69, 9.17) is 11.6 Å². The summed E-state index contributed by atoms with van der Waals surface area (Å²) >= 11 is 6.11. The van der Waals surface area contributed by atoms with E-state index in [9.17, 15) is 13.2 Å². The molecule has 0 unspecified atom stereocenters. The summed E-state index contributed by atoms with van der Waals surface area (Å²) in [6.07, 6.45) is 5.25. The highest BCUT2D eigenvalue weighted by Gasteiger charge is 2.17. The zero-order valence-electron chi connectivity index (χ0n) is 16.0. The molecule has 1 heterocycles. The number of urea groups is 1. The van der Waals surface area contributed by atoms with Gasteiger partial charge in [-0.2, -0.15) is 0 Å². The molecule has 1 aromatic carbocycles. The Morgan fingerprint density at radius 3 is 2.59 bits per heavy atom. The van der Waals surface area contributed by atoms with E-state index in [1.54, 1.807) is 13.0 Å². The number of carbonyl (C=O) groups excluding carboxylic acids is 1. The molecule has 1 saturated heterocycles. The molecular formula is C18H29ClN4O3S. The lowest BCUT2D eigenvalue weighted by molar-refractivity contribution is 0.251. The van der Waals surface area contributed by atoms with Crippen LogP contribution in [0, 0.1) is 0 Å². The van der Waals surface area contributed by atoms with E-state index in [1.165, 1.54) is 17.0 Å². The van der Waals surface area contributed by atoms with Gasteiger partial charge in [0.2, 0.25) is 10.0 Å². The van der Waals surface area contributed by atoms with Gasteiger partial charge in [0, 0.05) is 37.7 Å². The third kappa shape index (κ3) is 6.86. The fourth-order valence-electron chi connectivity index (χ4n) is 3.20. The predicted octanol–water partition coefficient (Wildman–Crippen LogP) is 3.12. The van der Waals surface area contributed by atoms with Gasteiger partial charge in [0.15, 0.2) is 0 Å². The van der Waals surface area contributed by atoms with Crippen LogP contribution in [0.1, 0.15) is 32.6 Å². The van der Waals surface area contributed by atoms with Gasteiger partial charge in [0.1, 0.15) is 0 Å². The molecule has 9 heteroatoms. The molecule has 7 nitrogen and oxygen atoms in total. The number of rotatable bonds is 8. The Bertz CT molecular complexity index is 736. The van der Waals surface area contributed by atoms with Crippen molar-refractivity contribution in [1.82, 2.24) is 9.62 Å². The van der Waals surface area contributed by atoms with Crippen molar-refractivity contribution in [1.29, 1.82) is 0 Å². The van der Waals surface area contributed by atoms with Crippen molar-refractivity contribution in [3.8, 4) is 0 Å². The van der Waals surface area contributed by atoms with Gasteiger partial charge in [0.05, 0.1) is 17.6 Å². The minimum atomic E-state index is -3.20. The van der Waals surface area contributed by atoms with Crippen LogP contribution in [0.2, 0.25) is 5.02 Å². The van der Waals surface area contributed by atoms with Gasteiger partial charge in [-0.25, -0.2) is 17.5 Å². The zero-order chi connectivity index (χ0) is 19.9. The van der Waals surface area contributed by atoms with Crippen molar-refractivity contribution >= 4 is 39.0 Å². The largest absolute Gasteiger partial charge is 0.370 e. The molecule has 2 rings (SSSR count). The van der Waals surface area contributed by atoms with E-state index in [1.807, 2.05) is 12.1 Å². The maximum atomic E-state index is 12.3. The number of halogens is 1. The van der Waals surface area contributed by atoms with Gasteiger partial charge in [-0.3, -0.25) is 0 Å². The smallest absolute Gasteiger partial charge is 0.319 e. The van der Waals surface area contributed by atoms with E-state index in [2.05, 4.69) is 15.5 Å². The van der Waals surface area contributed by atoms with Crippen molar-refractivity contribution < 1.29 is 13.2 Å². The summed E-state index contributed by atoms with van der Waals surface area (Å²) in [4.78, 5) is 14.5. The molecule has 152 valence electrons. The van der Waals surface area contributed by atoms with Crippen molar-refractivity contribution in [3.63, 3.8) is 0 Å². The van der Waals surface area contributed by atoms with E-state index >= 15 is 0 Å². The summed E-state index contributed by atoms with van der Waals surface area (Å²) in [5.74, 6) is 0. The number of benzene rings is 1. The second kappa shape index (κ2) is 10.1. The normalized spacial score (nSPS) is 15.0. The van der Waals surface area contributed by atoms with Crippen LogP contribution in [0.4, 0.5) is 16.2 Å². The first-order valence-corrected chi connectivity index (χ1v) is 11.6. The van der Waals surface area contributed by atoms with Crippen LogP contribution in [0.3, 0.4) is 0 Å². The van der Waals surface area contributed by atoms with Crippen LogP contribution >= 0.6 is 11.6 Å². The molecule has 0 atom stereocenters. The topological polar surface area (TPSA) is 81.8 Å². The minimum Gasteiger partial charge on any atom is -0.370 e. The van der Waals surface area contributed by atoms with Gasteiger partial charge in [0.25, 0.3) is 0 Å². The number of anilines is 2. The molecule has 1 aliphatic rings. The zero-order valence-corrected chi connectivity index (χ0v) is 17.6. The van der Waals surface area contributed by atoms with E-state index in [0.29, 0.717) is 36.8 Å². The first-order valence-electron chi connectivity index (χ1n) is 9.35. The van der Waals surface area contributed by atoms with Crippen molar-refractivity contribution in [2.45, 2.75) is 32.6 Å². The van der Waals surface area contributed by atoms with Gasteiger partial charge >= 0.3 is 6.03 Å². The Morgan fingerprint density at radius 2 is 1.96 bits per heavy atom. The van der Waals surface area contributed by atoms with Gasteiger partial charge < -0.3 is 15.5 Å². The number of nitrogens with zero attached hydrogens (tertiary/aromatic N) is 2. The summed E-state index contributed by atoms with van der Waals surface area (Å²) in [7, 11) is -3.20. The number of hydrogen-bond acceptors (Lipinski definition) is 4. The monoisotopic (exact) mass is 416 g/mol. The van der Waals surface area contributed by atoms with E-state index in [-0.39, 0.29) is 6.03 Å². The fourth-order valence-corrected chi connectivity index (χ4v) is 4.30. The number of sulfonamides is 1. The SMILES string of the molecule is CCN(CCCNC(=O)Nc1cc(Cl)ccc1N1CCCCC1)S(C)(=O)=O. The number of hydrogen-bond donors (Lipinski definition) is 2. The van der Waals surface area contributed by atoms with E-state index in [0.717, 1.165) is 31.6 Å². The standard InChI is InChI=1S/C18H29ClN4O3S/c1-3-23(27(2,25)26)13-7-10-20-18(24)21-16-14-15(19)8-9-17(16)22-11-5-4-6-12-22/h8-9,14H,3-7,10-13H2,1-2H3,(H2,20,21,24). The van der Waals surface area contributed by atoms with Crippen LogP contribution in [0.15, 0.2) is 18.2 Å². The number of piperidine rings is 1. The molecule has 2 amide bonds. The molecule has 0 saturated carbocycles. The molecule has 1 aromatic rings. The highest BCUT2D eigenvalue weighted by molar-refractivity contribution is 7.88. The van der Waals surface area contributed by atoms with Crippen LogP contribution in [-0.2, 0) is 10.0 Å². The van der Waals surface area contributed by atoms with Crippen molar-refractivity contribution in [3.05, 3.63) is 23.2 Å². The molecular weight excluding hydrogens is 388 g/mol. The molecule has 0 radical (unpaired) electrons. The third-order valence-electron chi connectivity index (χ3n) is 4.60. The summed E-state index contributed by atoms with van der Waals surface area (Å²) in [5.41, 5.74) is 1.66. The number of amides is 2. The Balaban J connectivity index is 1.89. The number of carbonyl (C=O) groups is 1. The summed E-state index contributed by atoms with van der Waals surface area (Å²) in [5, 5.41) is 6.22. The maximum absolute atomic E-state index is 12.3. The second-order valence-corrected chi connectivity index (χ2v) is 9.12. The number of nitrogens with one attached hydrogen (secondary N) is 2. The molecule has 0 aliphatic carbocycles. The lowest BCUT2D eigenvalue weighted by Gasteiger charge is -2.30. The predicted molar refractivity (Wildman–Crippen MR) is 111 cm³/mol. The van der Waals surface area contributed by atoms with Crippen molar-refractivity contribution in [2.75, 3.05) is 49.2 Å². The Labute approximate surface area is 167 Å². The molecule has 0 aromatic heterocycles. The Morgan fingerprint density at radius 1 is 1.26 bits per heavy atom. The van der Waals surface area contributed by atoms with Crippen LogP contribution in [0.5, 0.6) is 0 Å². The average molecular weight is 417 g/mol. The van der Waals surface area contributed by atoms with Gasteiger partial charge in [-0.05, 0) is 43.9 Å². The highest BCUT2D eigenvalue weighted by Crippen LogP contribution is 2.31. The van der Waals surface area contributed by atoms with Crippen LogP contribution in [0.25, 0.3) is 0 Å². The quantitative estimate of drug-likeness (QED) is 0.638. The van der Waals surface area contributed by atoms with E-state index < -0.39 is 10.0 Å². The third-order valence-corrected chi connectivity index (χ3v) is 6.21. The minimum absolute atomic E-state index is 0.321. The average Bonchev–Trinajstić information content (AvgIpc) is 2.61. The lowest BCUT2D eigenvalue weighted by atomic mass is 10.1. The maximum Gasteiger partial charge on any atom is 0.319 e. The first kappa shape index (κ1) is 21.8. The first-order chi connectivity index (χ1) is 12.8. The summed E-state index contributed by atoms with van der Waals surface area (Å²) in [6, 6.07) is 5.21. The molecule has 1 aliphatic heterocycles. The second-order valence-electron chi connectivity index (χ2n) is 6.70. The molecule has 0 spiro atoms. The summed E-state index contributed by atoms with van der Waals surface area (Å²) in [6.45, 7) is 4.92. The fraction of sp³-hybridized carbons (Fsp3) is 0.611. The Kier molecular flexibility index (Phi) is 8.19.